The third kappa shape index (κ3) is 5.82. The number of carbonyl (C=O) groups is 1. The molecule has 9 heteroatoms. The van der Waals surface area contributed by atoms with Crippen molar-refractivity contribution in [1.82, 2.24) is 9.80 Å². The first-order chi connectivity index (χ1) is 19.8. The molecule has 216 valence electrons. The summed E-state index contributed by atoms with van der Waals surface area (Å²) in [6.45, 7) is 3.72. The molecular weight excluding hydrogens is 567 g/mol. The minimum atomic E-state index is -0.813. The predicted molar refractivity (Wildman–Crippen MR) is 158 cm³/mol. The maximum atomic E-state index is 13.7. The van der Waals surface area contributed by atoms with E-state index < -0.39 is 23.3 Å². The lowest BCUT2D eigenvalue weighted by molar-refractivity contribution is -0.111. The molecule has 6 rings (SSSR count). The minimum absolute atomic E-state index is 0.0647. The van der Waals surface area contributed by atoms with Gasteiger partial charge in [-0.3, -0.25) is 0 Å². The molecule has 3 aromatic carbocycles. The van der Waals surface area contributed by atoms with Gasteiger partial charge in [-0.1, -0.05) is 53.5 Å². The average Bonchev–Trinajstić information content (AvgIpc) is 3.31. The summed E-state index contributed by atoms with van der Waals surface area (Å²) in [4.78, 5) is 17.4. The van der Waals surface area contributed by atoms with Crippen molar-refractivity contribution in [3.63, 3.8) is 0 Å². The number of benzene rings is 3. The number of amides is 2. The van der Waals surface area contributed by atoms with Crippen LogP contribution in [0, 0.1) is 11.6 Å². The number of fused-ring (bicyclic) bond motifs is 2. The Morgan fingerprint density at radius 2 is 1.68 bits per heavy atom. The van der Waals surface area contributed by atoms with Crippen molar-refractivity contribution in [1.29, 1.82) is 0 Å². The fourth-order valence-corrected chi connectivity index (χ4v) is 7.16. The van der Waals surface area contributed by atoms with Gasteiger partial charge in [0.05, 0.1) is 23.2 Å². The van der Waals surface area contributed by atoms with Crippen molar-refractivity contribution in [3.05, 3.63) is 99.0 Å². The molecule has 1 N–H and O–H groups in total. The zero-order valence-corrected chi connectivity index (χ0v) is 24.3. The molecule has 0 bridgehead atoms. The number of anilines is 1. The summed E-state index contributed by atoms with van der Waals surface area (Å²) in [5, 5.41) is 3.50. The number of nitrogens with one attached hydrogen (secondary N) is 1. The van der Waals surface area contributed by atoms with Crippen molar-refractivity contribution in [3.8, 4) is 0 Å². The van der Waals surface area contributed by atoms with Crippen LogP contribution in [0.3, 0.4) is 0 Å². The first-order valence-electron chi connectivity index (χ1n) is 14.2. The number of nitrogens with zero attached hydrogens (tertiary/aromatic N) is 2. The molecule has 0 aromatic heterocycles. The summed E-state index contributed by atoms with van der Waals surface area (Å²) in [6.07, 6.45) is 5.28. The van der Waals surface area contributed by atoms with Crippen molar-refractivity contribution < 1.29 is 18.3 Å². The number of likely N-dealkylation sites (tertiary alicyclic amines) is 1. The molecule has 3 aliphatic rings. The summed E-state index contributed by atoms with van der Waals surface area (Å²) in [5.41, 5.74) is 3.40. The normalized spacial score (nSPS) is 22.1. The second-order valence-corrected chi connectivity index (χ2v) is 12.3. The second kappa shape index (κ2) is 11.5. The zero-order chi connectivity index (χ0) is 28.6. The summed E-state index contributed by atoms with van der Waals surface area (Å²) in [6, 6.07) is 16.9. The molecule has 1 spiro atoms. The summed E-state index contributed by atoms with van der Waals surface area (Å²) in [5.74, 6) is -1.51. The number of rotatable bonds is 5. The maximum absolute atomic E-state index is 13.7. The Morgan fingerprint density at radius 3 is 2.44 bits per heavy atom. The molecule has 0 saturated carbocycles. The molecule has 2 amide bonds. The first kappa shape index (κ1) is 28.4. The molecule has 2 saturated heterocycles. The van der Waals surface area contributed by atoms with Gasteiger partial charge in [0.1, 0.15) is 17.2 Å². The lowest BCUT2D eigenvalue weighted by Crippen LogP contribution is -2.54. The molecule has 1 atom stereocenters. The average molecular weight is 601 g/mol. The van der Waals surface area contributed by atoms with Crippen LogP contribution >= 0.6 is 23.2 Å². The largest absolute Gasteiger partial charge is 0.367 e. The van der Waals surface area contributed by atoms with Gasteiger partial charge in [0.15, 0.2) is 0 Å². The number of hydrogen-bond acceptors (Lipinski definition) is 3. The van der Waals surface area contributed by atoms with E-state index in [-0.39, 0.29) is 17.6 Å². The molecule has 3 aromatic rings. The Hall–Kier alpha value is -2.71. The number of ether oxygens (including phenoxy) is 1. The van der Waals surface area contributed by atoms with E-state index in [1.54, 1.807) is 11.0 Å². The zero-order valence-electron chi connectivity index (χ0n) is 22.8. The molecule has 5 nitrogen and oxygen atoms in total. The Labute approximate surface area is 249 Å². The number of piperidine rings is 1. The lowest BCUT2D eigenvalue weighted by Gasteiger charge is -2.45. The standard InChI is InChI=1S/C32H33Cl2F2N3O2/c33-28-6-5-23(17-29(28)34)32(21-39(15-16-41-32)30(40)37-26-19-24(35)18-25(36)20-26)11-14-38-12-9-31(10-13-38)8-7-22-3-1-2-4-27(22)31/h1-6,17-20H,7-16,21H2,(H,37,40). The van der Waals surface area contributed by atoms with Gasteiger partial charge >= 0.3 is 6.03 Å². The molecule has 2 heterocycles. The van der Waals surface area contributed by atoms with E-state index in [0.717, 1.165) is 62.7 Å². The summed E-state index contributed by atoms with van der Waals surface area (Å²) >= 11 is 12.7. The van der Waals surface area contributed by atoms with Crippen molar-refractivity contribution in [2.45, 2.75) is 43.1 Å². The Bertz CT molecular complexity index is 1430. The monoisotopic (exact) mass is 599 g/mol. The van der Waals surface area contributed by atoms with E-state index in [1.165, 1.54) is 17.5 Å². The van der Waals surface area contributed by atoms with Crippen LogP contribution in [0.2, 0.25) is 10.0 Å². The molecule has 1 aliphatic carbocycles. The predicted octanol–water partition coefficient (Wildman–Crippen LogP) is 7.40. The van der Waals surface area contributed by atoms with Gasteiger partial charge in [-0.25, -0.2) is 13.6 Å². The summed E-state index contributed by atoms with van der Waals surface area (Å²) in [7, 11) is 0. The Balaban J connectivity index is 1.18. The number of urea groups is 1. The van der Waals surface area contributed by atoms with E-state index in [0.29, 0.717) is 29.6 Å². The quantitative estimate of drug-likeness (QED) is 0.332. The number of carbonyl (C=O) groups excluding carboxylic acids is 1. The molecule has 0 radical (unpaired) electrons. The van der Waals surface area contributed by atoms with E-state index >= 15 is 0 Å². The van der Waals surface area contributed by atoms with Crippen LogP contribution < -0.4 is 5.32 Å². The van der Waals surface area contributed by atoms with E-state index in [4.69, 9.17) is 27.9 Å². The van der Waals surface area contributed by atoms with Gasteiger partial charge < -0.3 is 19.9 Å². The van der Waals surface area contributed by atoms with E-state index in [9.17, 15) is 13.6 Å². The van der Waals surface area contributed by atoms with Crippen LogP contribution in [0.4, 0.5) is 19.3 Å². The van der Waals surface area contributed by atoms with Gasteiger partial charge in [0.25, 0.3) is 0 Å². The number of hydrogen-bond donors (Lipinski definition) is 1. The number of morpholine rings is 1. The van der Waals surface area contributed by atoms with Crippen LogP contribution in [0.5, 0.6) is 0 Å². The SMILES string of the molecule is O=C(Nc1cc(F)cc(F)c1)N1CCOC(CCN2CCC3(CCc4ccccc43)CC2)(c2ccc(Cl)c(Cl)c2)C1. The third-order valence-electron chi connectivity index (χ3n) is 9.14. The first-order valence-corrected chi connectivity index (χ1v) is 14.9. The van der Waals surface area contributed by atoms with Gasteiger partial charge in [0.2, 0.25) is 0 Å². The highest BCUT2D eigenvalue weighted by atomic mass is 35.5. The van der Waals surface area contributed by atoms with E-state index in [1.807, 2.05) is 12.1 Å². The third-order valence-corrected chi connectivity index (χ3v) is 9.88. The molecule has 1 unspecified atom stereocenters. The van der Waals surface area contributed by atoms with Crippen molar-refractivity contribution in [2.24, 2.45) is 0 Å². The molecule has 2 fully saturated rings. The highest BCUT2D eigenvalue weighted by Crippen LogP contribution is 2.46. The smallest absolute Gasteiger partial charge is 0.322 e. The second-order valence-electron chi connectivity index (χ2n) is 11.5. The minimum Gasteiger partial charge on any atom is -0.367 e. The maximum Gasteiger partial charge on any atom is 0.322 e. The highest BCUT2D eigenvalue weighted by Gasteiger charge is 2.43. The molecule has 41 heavy (non-hydrogen) atoms. The van der Waals surface area contributed by atoms with Crippen molar-refractivity contribution in [2.75, 3.05) is 44.6 Å². The lowest BCUT2D eigenvalue weighted by atomic mass is 9.73. The van der Waals surface area contributed by atoms with Crippen LogP contribution in [-0.4, -0.2) is 55.2 Å². The van der Waals surface area contributed by atoms with Gasteiger partial charge in [-0.05, 0) is 91.6 Å². The fraction of sp³-hybridized carbons (Fsp3) is 0.406. The van der Waals surface area contributed by atoms with Crippen LogP contribution in [0.15, 0.2) is 60.7 Å². The Morgan fingerprint density at radius 1 is 0.927 bits per heavy atom. The fourth-order valence-electron chi connectivity index (χ4n) is 6.86. The molecule has 2 aliphatic heterocycles. The highest BCUT2D eigenvalue weighted by molar-refractivity contribution is 6.42. The van der Waals surface area contributed by atoms with Crippen LogP contribution in [0.1, 0.15) is 42.4 Å². The summed E-state index contributed by atoms with van der Waals surface area (Å²) < 4.78 is 33.9. The van der Waals surface area contributed by atoms with Crippen molar-refractivity contribution >= 4 is 34.9 Å². The Kier molecular flexibility index (Phi) is 7.98. The number of halogens is 4. The molecular formula is C32H33Cl2F2N3O2. The van der Waals surface area contributed by atoms with Gasteiger partial charge in [-0.15, -0.1) is 0 Å². The van der Waals surface area contributed by atoms with Gasteiger partial charge in [0, 0.05) is 24.8 Å². The van der Waals surface area contributed by atoms with Gasteiger partial charge in [-0.2, -0.15) is 0 Å². The van der Waals surface area contributed by atoms with Crippen LogP contribution in [-0.2, 0) is 22.2 Å². The topological polar surface area (TPSA) is 44.8 Å². The van der Waals surface area contributed by atoms with E-state index in [2.05, 4.69) is 34.5 Å². The number of aryl methyl sites for hydroxylation is 1. The van der Waals surface area contributed by atoms with Crippen LogP contribution in [0.25, 0.3) is 0 Å².